The van der Waals surface area contributed by atoms with E-state index < -0.39 is 0 Å². The van der Waals surface area contributed by atoms with Crippen LogP contribution < -0.4 is 5.73 Å². The van der Waals surface area contributed by atoms with Crippen LogP contribution in [0.25, 0.3) is 11.0 Å². The van der Waals surface area contributed by atoms with Gasteiger partial charge >= 0.3 is 0 Å². The highest BCUT2D eigenvalue weighted by molar-refractivity contribution is 14.0. The van der Waals surface area contributed by atoms with Crippen molar-refractivity contribution in [3.63, 3.8) is 0 Å². The van der Waals surface area contributed by atoms with Crippen molar-refractivity contribution in [1.29, 1.82) is 0 Å². The Bertz CT molecular complexity index is 356. The number of rotatable bonds is 0. The molecule has 2 heterocycles. The van der Waals surface area contributed by atoms with Crippen LogP contribution in [0.3, 0.4) is 0 Å². The first-order valence-electron chi connectivity index (χ1n) is 2.77. The Hall–Kier alpha value is -0.920. The molecule has 0 saturated carbocycles. The van der Waals surface area contributed by atoms with Crippen LogP contribution >= 0.6 is 24.0 Å². The summed E-state index contributed by atoms with van der Waals surface area (Å²) in [5.74, 6) is 0.457. The average molecular weight is 263 g/mol. The summed E-state index contributed by atoms with van der Waals surface area (Å²) in [5, 5.41) is 7.20. The van der Waals surface area contributed by atoms with E-state index >= 15 is 0 Å². The number of hydrogen-bond donors (Lipinski definition) is 2. The fourth-order valence-corrected chi connectivity index (χ4v) is 0.784. The zero-order valence-corrected chi connectivity index (χ0v) is 7.81. The van der Waals surface area contributed by atoms with Crippen LogP contribution in [-0.4, -0.2) is 20.2 Å². The van der Waals surface area contributed by atoms with Gasteiger partial charge in [0.15, 0.2) is 5.65 Å². The largest absolute Gasteiger partial charge is 0.383 e. The van der Waals surface area contributed by atoms with E-state index in [2.05, 4.69) is 20.2 Å². The molecular formula is C5H6IN5. The maximum absolute atomic E-state index is 5.49. The predicted octanol–water partition coefficient (Wildman–Crippen LogP) is 0.553. The monoisotopic (exact) mass is 263 g/mol. The van der Waals surface area contributed by atoms with Gasteiger partial charge in [0, 0.05) is 0 Å². The molecule has 3 N–H and O–H groups in total. The molecular weight excluding hydrogens is 257 g/mol. The first kappa shape index (κ1) is 8.18. The van der Waals surface area contributed by atoms with Gasteiger partial charge in [-0.2, -0.15) is 5.10 Å². The summed E-state index contributed by atoms with van der Waals surface area (Å²) in [6.07, 6.45) is 3.00. The van der Waals surface area contributed by atoms with Gasteiger partial charge in [-0.25, -0.2) is 9.97 Å². The van der Waals surface area contributed by atoms with Crippen LogP contribution in [0.4, 0.5) is 5.82 Å². The Balaban J connectivity index is 0.000000605. The van der Waals surface area contributed by atoms with E-state index in [4.69, 9.17) is 5.73 Å². The maximum atomic E-state index is 5.49. The van der Waals surface area contributed by atoms with Crippen molar-refractivity contribution in [3.8, 4) is 0 Å². The normalized spacial score (nSPS) is 9.45. The maximum Gasteiger partial charge on any atom is 0.160 e. The molecule has 2 aromatic rings. The Morgan fingerprint density at radius 2 is 2.18 bits per heavy atom. The summed E-state index contributed by atoms with van der Waals surface area (Å²) in [7, 11) is 0. The van der Waals surface area contributed by atoms with E-state index in [-0.39, 0.29) is 24.0 Å². The molecule has 0 aliphatic heterocycles. The molecule has 11 heavy (non-hydrogen) atoms. The number of nitrogens with zero attached hydrogens (tertiary/aromatic N) is 3. The van der Waals surface area contributed by atoms with Gasteiger partial charge in [-0.1, -0.05) is 0 Å². The van der Waals surface area contributed by atoms with Crippen LogP contribution in [0.2, 0.25) is 0 Å². The molecule has 0 saturated heterocycles. The number of hydrogen-bond acceptors (Lipinski definition) is 4. The van der Waals surface area contributed by atoms with Gasteiger partial charge in [-0.05, 0) is 0 Å². The molecule has 0 unspecified atom stereocenters. The lowest BCUT2D eigenvalue weighted by Crippen LogP contribution is -1.90. The summed E-state index contributed by atoms with van der Waals surface area (Å²) in [5.41, 5.74) is 6.16. The zero-order chi connectivity index (χ0) is 6.97. The fraction of sp³-hybridized carbons (Fsp3) is 0. The van der Waals surface area contributed by atoms with E-state index in [0.717, 1.165) is 5.39 Å². The Labute approximate surface area is 79.4 Å². The highest BCUT2D eigenvalue weighted by Gasteiger charge is 1.98. The summed E-state index contributed by atoms with van der Waals surface area (Å²) >= 11 is 0. The second-order valence-corrected chi connectivity index (χ2v) is 1.89. The van der Waals surface area contributed by atoms with E-state index in [1.165, 1.54) is 6.33 Å². The van der Waals surface area contributed by atoms with Crippen LogP contribution in [0.15, 0.2) is 12.5 Å². The molecule has 0 spiro atoms. The predicted molar refractivity (Wildman–Crippen MR) is 51.5 cm³/mol. The molecule has 0 aliphatic rings. The van der Waals surface area contributed by atoms with Crippen molar-refractivity contribution >= 4 is 40.8 Å². The number of aromatic amines is 1. The molecule has 0 amide bonds. The number of H-pyrrole nitrogens is 1. The number of fused-ring (bicyclic) bond motifs is 1. The minimum absolute atomic E-state index is 0. The van der Waals surface area contributed by atoms with E-state index in [0.29, 0.717) is 11.5 Å². The Morgan fingerprint density at radius 3 is 2.91 bits per heavy atom. The molecule has 2 rings (SSSR count). The number of aromatic nitrogens is 4. The van der Waals surface area contributed by atoms with Crippen molar-refractivity contribution in [1.82, 2.24) is 20.2 Å². The fourth-order valence-electron chi connectivity index (χ4n) is 0.784. The minimum Gasteiger partial charge on any atom is -0.383 e. The molecule has 0 aromatic carbocycles. The van der Waals surface area contributed by atoms with Crippen molar-refractivity contribution in [2.75, 3.05) is 5.73 Å². The number of anilines is 1. The van der Waals surface area contributed by atoms with E-state index in [1.807, 2.05) is 0 Å². The summed E-state index contributed by atoms with van der Waals surface area (Å²) in [6.45, 7) is 0. The molecule has 0 fully saturated rings. The number of nitrogen functional groups attached to an aromatic ring is 1. The van der Waals surface area contributed by atoms with Crippen molar-refractivity contribution in [2.24, 2.45) is 0 Å². The van der Waals surface area contributed by atoms with Crippen molar-refractivity contribution < 1.29 is 0 Å². The highest BCUT2D eigenvalue weighted by atomic mass is 127. The highest BCUT2D eigenvalue weighted by Crippen LogP contribution is 2.11. The molecule has 6 heteroatoms. The van der Waals surface area contributed by atoms with Gasteiger partial charge in [0.1, 0.15) is 12.1 Å². The van der Waals surface area contributed by atoms with Gasteiger partial charge in [0.05, 0.1) is 11.6 Å². The lowest BCUT2D eigenvalue weighted by Gasteiger charge is -1.89. The molecule has 0 atom stereocenters. The second-order valence-electron chi connectivity index (χ2n) is 1.89. The molecule has 0 radical (unpaired) electrons. The number of nitrogens with two attached hydrogens (primary N) is 1. The van der Waals surface area contributed by atoms with Gasteiger partial charge in [-0.3, -0.25) is 5.10 Å². The van der Waals surface area contributed by atoms with Crippen molar-refractivity contribution in [3.05, 3.63) is 12.5 Å². The first-order valence-corrected chi connectivity index (χ1v) is 2.77. The van der Waals surface area contributed by atoms with Gasteiger partial charge < -0.3 is 5.73 Å². The summed E-state index contributed by atoms with van der Waals surface area (Å²) < 4.78 is 0. The lowest BCUT2D eigenvalue weighted by atomic mass is 10.4. The zero-order valence-electron chi connectivity index (χ0n) is 5.48. The number of halogens is 1. The van der Waals surface area contributed by atoms with Gasteiger partial charge in [-0.15, -0.1) is 24.0 Å². The third kappa shape index (κ3) is 1.25. The third-order valence-electron chi connectivity index (χ3n) is 1.28. The van der Waals surface area contributed by atoms with Crippen molar-refractivity contribution in [2.45, 2.75) is 0 Å². The molecule has 5 nitrogen and oxygen atoms in total. The Morgan fingerprint density at radius 1 is 1.36 bits per heavy atom. The molecule has 2 aromatic heterocycles. The topological polar surface area (TPSA) is 80.5 Å². The number of nitrogens with one attached hydrogen (secondary N) is 1. The lowest BCUT2D eigenvalue weighted by molar-refractivity contribution is 1.09. The average Bonchev–Trinajstić information content (AvgIpc) is 2.36. The second kappa shape index (κ2) is 2.99. The van der Waals surface area contributed by atoms with Crippen LogP contribution in [-0.2, 0) is 0 Å². The molecule has 0 bridgehead atoms. The molecule has 0 aliphatic carbocycles. The SMILES string of the molecule is I.Nc1ncnc2[nH]ncc12. The Kier molecular flexibility index (Phi) is 2.22. The molecule has 58 valence electrons. The van der Waals surface area contributed by atoms with E-state index in [1.54, 1.807) is 6.20 Å². The van der Waals surface area contributed by atoms with Gasteiger partial charge in [0.2, 0.25) is 0 Å². The van der Waals surface area contributed by atoms with Crippen LogP contribution in [0.5, 0.6) is 0 Å². The van der Waals surface area contributed by atoms with Gasteiger partial charge in [0.25, 0.3) is 0 Å². The quantitative estimate of drug-likeness (QED) is 0.680. The van der Waals surface area contributed by atoms with Crippen LogP contribution in [0.1, 0.15) is 0 Å². The van der Waals surface area contributed by atoms with Crippen LogP contribution in [0, 0.1) is 0 Å². The van der Waals surface area contributed by atoms with E-state index in [9.17, 15) is 0 Å². The summed E-state index contributed by atoms with van der Waals surface area (Å²) in [4.78, 5) is 7.68. The third-order valence-corrected chi connectivity index (χ3v) is 1.28. The minimum atomic E-state index is 0. The first-order chi connectivity index (χ1) is 4.88. The standard InChI is InChI=1S/C5H5N5.HI/c6-4-3-1-9-10-5(3)8-2-7-4;/h1-2H,(H3,6,7,8,9,10);1H. The smallest absolute Gasteiger partial charge is 0.160 e. The summed E-state index contributed by atoms with van der Waals surface area (Å²) in [6, 6.07) is 0.